The molecule has 4 bridgehead atoms. The minimum Gasteiger partial charge on any atom is -0.455 e. The fourth-order valence-electron chi connectivity index (χ4n) is 5.85. The summed E-state index contributed by atoms with van der Waals surface area (Å²) in [4.78, 5) is 24.3. The first kappa shape index (κ1) is 22.0. The Kier molecular flexibility index (Phi) is 6.21. The smallest absolute Gasteiger partial charge is 0.321 e. The van der Waals surface area contributed by atoms with E-state index in [2.05, 4.69) is 10.0 Å². The molecule has 0 aliphatic heterocycles. The lowest BCUT2D eigenvalue weighted by molar-refractivity contribution is -0.149. The van der Waals surface area contributed by atoms with Crippen molar-refractivity contribution >= 4 is 28.0 Å². The Labute approximate surface area is 183 Å². The van der Waals surface area contributed by atoms with Crippen LogP contribution in [0, 0.1) is 24.7 Å². The molecule has 2 N–H and O–H groups in total. The molecule has 0 heterocycles. The predicted molar refractivity (Wildman–Crippen MR) is 117 cm³/mol. The van der Waals surface area contributed by atoms with Crippen LogP contribution in [0.25, 0.3) is 6.08 Å². The first-order chi connectivity index (χ1) is 14.7. The highest BCUT2D eigenvalue weighted by Gasteiger charge is 2.51. The van der Waals surface area contributed by atoms with Crippen molar-refractivity contribution < 1.29 is 22.7 Å². The standard InChI is InChI=1S/C23H30N2O5S/c1-16-2-4-17(5-3-16)6-7-31(28,29)24-14-22(27)30-15-21(26)25-23-11-18-8-19(12-23)10-20(9-18)13-23/h2-7,18-20,24H,8-15H2,1H3,(H,25,26)/b7-6+. The number of aryl methyl sites for hydroxylation is 1. The summed E-state index contributed by atoms with van der Waals surface area (Å²) in [5, 5.41) is 4.13. The van der Waals surface area contributed by atoms with Crippen LogP contribution in [0.15, 0.2) is 29.7 Å². The molecule has 7 nitrogen and oxygen atoms in total. The van der Waals surface area contributed by atoms with E-state index in [-0.39, 0.29) is 18.1 Å². The van der Waals surface area contributed by atoms with E-state index in [0.717, 1.165) is 35.8 Å². The van der Waals surface area contributed by atoms with E-state index >= 15 is 0 Å². The van der Waals surface area contributed by atoms with Gasteiger partial charge in [-0.05, 0) is 74.8 Å². The first-order valence-corrected chi connectivity index (χ1v) is 12.5. The van der Waals surface area contributed by atoms with Crippen LogP contribution in [0.5, 0.6) is 0 Å². The van der Waals surface area contributed by atoms with Crippen LogP contribution < -0.4 is 10.0 Å². The van der Waals surface area contributed by atoms with Crippen molar-refractivity contribution in [3.05, 3.63) is 40.8 Å². The van der Waals surface area contributed by atoms with Gasteiger partial charge >= 0.3 is 5.97 Å². The maximum Gasteiger partial charge on any atom is 0.321 e. The van der Waals surface area contributed by atoms with Crippen molar-refractivity contribution in [2.75, 3.05) is 13.2 Å². The molecule has 4 saturated carbocycles. The van der Waals surface area contributed by atoms with Gasteiger partial charge in [0.05, 0.1) is 0 Å². The van der Waals surface area contributed by atoms with Gasteiger partial charge in [0.1, 0.15) is 6.54 Å². The first-order valence-electron chi connectivity index (χ1n) is 10.9. The fourth-order valence-corrected chi connectivity index (χ4v) is 6.60. The average Bonchev–Trinajstić information content (AvgIpc) is 2.69. The predicted octanol–water partition coefficient (Wildman–Crippen LogP) is 2.51. The molecule has 8 heteroatoms. The molecule has 0 atom stereocenters. The number of benzene rings is 1. The third kappa shape index (κ3) is 5.74. The fraction of sp³-hybridized carbons (Fsp3) is 0.565. The number of carbonyl (C=O) groups is 2. The molecule has 1 aromatic rings. The van der Waals surface area contributed by atoms with Gasteiger partial charge in [-0.3, -0.25) is 9.59 Å². The Bertz CT molecular complexity index is 933. The second-order valence-electron chi connectivity index (χ2n) is 9.49. The van der Waals surface area contributed by atoms with E-state index in [1.165, 1.54) is 25.3 Å². The minimum atomic E-state index is -3.79. The van der Waals surface area contributed by atoms with Crippen LogP contribution in [0.1, 0.15) is 49.7 Å². The summed E-state index contributed by atoms with van der Waals surface area (Å²) >= 11 is 0. The third-order valence-electron chi connectivity index (χ3n) is 6.74. The van der Waals surface area contributed by atoms with Gasteiger partial charge in [0.2, 0.25) is 10.0 Å². The summed E-state index contributed by atoms with van der Waals surface area (Å²) in [6.07, 6.45) is 8.35. The van der Waals surface area contributed by atoms with Gasteiger partial charge in [0, 0.05) is 10.9 Å². The van der Waals surface area contributed by atoms with E-state index in [1.807, 2.05) is 19.1 Å². The number of ether oxygens (including phenoxy) is 1. The molecule has 168 valence electrons. The highest BCUT2D eigenvalue weighted by Crippen LogP contribution is 2.55. The van der Waals surface area contributed by atoms with Gasteiger partial charge in [0.25, 0.3) is 5.91 Å². The summed E-state index contributed by atoms with van der Waals surface area (Å²) in [7, 11) is -3.79. The van der Waals surface area contributed by atoms with E-state index in [1.54, 1.807) is 12.1 Å². The molecule has 0 spiro atoms. The molecule has 4 aliphatic carbocycles. The van der Waals surface area contributed by atoms with Crippen LogP contribution in [-0.2, 0) is 24.3 Å². The van der Waals surface area contributed by atoms with Crippen molar-refractivity contribution in [2.24, 2.45) is 17.8 Å². The van der Waals surface area contributed by atoms with Crippen LogP contribution in [-0.4, -0.2) is 39.0 Å². The lowest BCUT2D eigenvalue weighted by Gasteiger charge is -2.56. The second kappa shape index (κ2) is 8.74. The molecule has 31 heavy (non-hydrogen) atoms. The van der Waals surface area contributed by atoms with Crippen molar-refractivity contribution in [1.82, 2.24) is 10.0 Å². The Morgan fingerprint density at radius 2 is 1.65 bits per heavy atom. The lowest BCUT2D eigenvalue weighted by atomic mass is 9.53. The SMILES string of the molecule is Cc1ccc(/C=C/S(=O)(=O)NCC(=O)OCC(=O)NC23CC4CC(CC(C4)C2)C3)cc1. The quantitative estimate of drug-likeness (QED) is 0.598. The van der Waals surface area contributed by atoms with E-state index in [9.17, 15) is 18.0 Å². The molecule has 0 unspecified atom stereocenters. The van der Waals surface area contributed by atoms with Crippen molar-refractivity contribution in [1.29, 1.82) is 0 Å². The van der Waals surface area contributed by atoms with Crippen LogP contribution in [0.3, 0.4) is 0 Å². The molecule has 1 aromatic carbocycles. The largest absolute Gasteiger partial charge is 0.455 e. The zero-order valence-corrected chi connectivity index (χ0v) is 18.6. The normalized spacial score (nSPS) is 29.3. The molecule has 0 aromatic heterocycles. The number of rotatable bonds is 8. The topological polar surface area (TPSA) is 102 Å². The van der Waals surface area contributed by atoms with Gasteiger partial charge in [-0.1, -0.05) is 29.8 Å². The summed E-state index contributed by atoms with van der Waals surface area (Å²) < 4.78 is 31.2. The maximum absolute atomic E-state index is 12.4. The highest BCUT2D eigenvalue weighted by molar-refractivity contribution is 7.92. The molecule has 5 rings (SSSR count). The Hall–Kier alpha value is -2.19. The average molecular weight is 447 g/mol. The van der Waals surface area contributed by atoms with Gasteiger partial charge in [-0.15, -0.1) is 0 Å². The number of esters is 1. The van der Waals surface area contributed by atoms with Gasteiger partial charge in [-0.25, -0.2) is 13.1 Å². The van der Waals surface area contributed by atoms with Crippen molar-refractivity contribution in [2.45, 2.75) is 51.0 Å². The summed E-state index contributed by atoms with van der Waals surface area (Å²) in [6.45, 7) is 1.04. The summed E-state index contributed by atoms with van der Waals surface area (Å²) in [5.74, 6) is 1.02. The number of hydrogen-bond donors (Lipinski definition) is 2. The lowest BCUT2D eigenvalue weighted by Crippen LogP contribution is -2.60. The minimum absolute atomic E-state index is 0.138. The number of sulfonamides is 1. The number of hydrogen-bond acceptors (Lipinski definition) is 5. The molecule has 0 saturated heterocycles. The molecule has 1 amide bonds. The van der Waals surface area contributed by atoms with Crippen molar-refractivity contribution in [3.8, 4) is 0 Å². The molecule has 4 aliphatic rings. The van der Waals surface area contributed by atoms with Crippen LogP contribution in [0.2, 0.25) is 0 Å². The second-order valence-corrected chi connectivity index (χ2v) is 11.1. The third-order valence-corrected chi connectivity index (χ3v) is 7.78. The summed E-state index contributed by atoms with van der Waals surface area (Å²) in [5.41, 5.74) is 1.67. The number of nitrogens with one attached hydrogen (secondary N) is 2. The number of carbonyl (C=O) groups excluding carboxylic acids is 2. The molecule has 4 fully saturated rings. The van der Waals surface area contributed by atoms with Crippen LogP contribution in [0.4, 0.5) is 0 Å². The van der Waals surface area contributed by atoms with Crippen molar-refractivity contribution in [3.63, 3.8) is 0 Å². The van der Waals surface area contributed by atoms with Crippen LogP contribution >= 0.6 is 0 Å². The maximum atomic E-state index is 12.4. The Morgan fingerprint density at radius 1 is 1.06 bits per heavy atom. The van der Waals surface area contributed by atoms with E-state index in [0.29, 0.717) is 17.8 Å². The highest BCUT2D eigenvalue weighted by atomic mass is 32.2. The van der Waals surface area contributed by atoms with Gasteiger partial charge in [-0.2, -0.15) is 0 Å². The van der Waals surface area contributed by atoms with E-state index < -0.39 is 22.5 Å². The zero-order chi connectivity index (χ0) is 22.1. The van der Waals surface area contributed by atoms with Gasteiger partial charge in [0.15, 0.2) is 6.61 Å². The monoisotopic (exact) mass is 446 g/mol. The zero-order valence-electron chi connectivity index (χ0n) is 17.8. The molecular formula is C23H30N2O5S. The van der Waals surface area contributed by atoms with Gasteiger partial charge < -0.3 is 10.1 Å². The Balaban J connectivity index is 1.20. The number of amides is 1. The summed E-state index contributed by atoms with van der Waals surface area (Å²) in [6, 6.07) is 7.37. The molecule has 0 radical (unpaired) electrons. The van der Waals surface area contributed by atoms with E-state index in [4.69, 9.17) is 4.74 Å². The molecular weight excluding hydrogens is 416 g/mol. The Morgan fingerprint density at radius 3 is 2.23 bits per heavy atom.